The van der Waals surface area contributed by atoms with Crippen molar-refractivity contribution in [1.29, 1.82) is 0 Å². The average molecular weight is 279 g/mol. The van der Waals surface area contributed by atoms with Crippen molar-refractivity contribution < 1.29 is 9.53 Å². The van der Waals surface area contributed by atoms with Crippen molar-refractivity contribution in [1.82, 2.24) is 4.90 Å². The molecule has 0 aliphatic carbocycles. The summed E-state index contributed by atoms with van der Waals surface area (Å²) >= 11 is 0. The van der Waals surface area contributed by atoms with Gasteiger partial charge in [0, 0.05) is 25.7 Å². The lowest BCUT2D eigenvalue weighted by atomic mass is 10.0. The van der Waals surface area contributed by atoms with Crippen molar-refractivity contribution in [3.63, 3.8) is 0 Å². The second-order valence-corrected chi connectivity index (χ2v) is 4.73. The standard InChI is InChI=1S/C13H26N2O2.ClH/c1-2-3-6-9-17-11-13(16)15-8-5-4-7-12(15)10-14;/h12H,2-11,14H2,1H3;1H. The van der Waals surface area contributed by atoms with E-state index in [0.29, 0.717) is 13.2 Å². The number of ether oxygens (including phenoxy) is 1. The van der Waals surface area contributed by atoms with Gasteiger partial charge >= 0.3 is 0 Å². The highest BCUT2D eigenvalue weighted by Crippen LogP contribution is 2.16. The van der Waals surface area contributed by atoms with E-state index in [-0.39, 0.29) is 31.0 Å². The second-order valence-electron chi connectivity index (χ2n) is 4.73. The number of hydrogen-bond acceptors (Lipinski definition) is 3. The van der Waals surface area contributed by atoms with E-state index in [1.807, 2.05) is 4.90 Å². The molecule has 0 radical (unpaired) electrons. The van der Waals surface area contributed by atoms with E-state index in [1.165, 1.54) is 19.3 Å². The zero-order valence-electron chi connectivity index (χ0n) is 11.4. The molecule has 2 N–H and O–H groups in total. The van der Waals surface area contributed by atoms with Gasteiger partial charge in [0.15, 0.2) is 0 Å². The molecule has 0 aromatic heterocycles. The molecule has 0 aromatic carbocycles. The predicted octanol–water partition coefficient (Wildman–Crippen LogP) is 1.95. The maximum atomic E-state index is 11.9. The molecule has 1 heterocycles. The third-order valence-corrected chi connectivity index (χ3v) is 3.34. The quantitative estimate of drug-likeness (QED) is 0.724. The van der Waals surface area contributed by atoms with E-state index < -0.39 is 0 Å². The summed E-state index contributed by atoms with van der Waals surface area (Å²) < 4.78 is 5.41. The summed E-state index contributed by atoms with van der Waals surface area (Å²) in [5, 5.41) is 0. The van der Waals surface area contributed by atoms with Gasteiger partial charge < -0.3 is 15.4 Å². The molecule has 1 unspecified atom stereocenters. The van der Waals surface area contributed by atoms with E-state index in [0.717, 1.165) is 25.8 Å². The summed E-state index contributed by atoms with van der Waals surface area (Å²) in [7, 11) is 0. The number of amides is 1. The first kappa shape index (κ1) is 17.7. The molecule has 1 aliphatic rings. The van der Waals surface area contributed by atoms with Crippen molar-refractivity contribution in [2.75, 3.05) is 26.3 Å². The van der Waals surface area contributed by atoms with Crippen LogP contribution in [0.15, 0.2) is 0 Å². The van der Waals surface area contributed by atoms with Crippen LogP contribution >= 0.6 is 12.4 Å². The summed E-state index contributed by atoms with van der Waals surface area (Å²) in [5.74, 6) is 0.108. The topological polar surface area (TPSA) is 55.6 Å². The minimum Gasteiger partial charge on any atom is -0.372 e. The van der Waals surface area contributed by atoms with Crippen LogP contribution < -0.4 is 5.73 Å². The highest BCUT2D eigenvalue weighted by Gasteiger charge is 2.25. The molecule has 1 rings (SSSR count). The predicted molar refractivity (Wildman–Crippen MR) is 76.0 cm³/mol. The molecule has 18 heavy (non-hydrogen) atoms. The van der Waals surface area contributed by atoms with Crippen LogP contribution in [0.2, 0.25) is 0 Å². The molecule has 1 atom stereocenters. The number of unbranched alkanes of at least 4 members (excludes halogenated alkanes) is 2. The molecule has 5 heteroatoms. The van der Waals surface area contributed by atoms with Crippen molar-refractivity contribution in [2.45, 2.75) is 51.5 Å². The Morgan fingerprint density at radius 2 is 2.17 bits per heavy atom. The van der Waals surface area contributed by atoms with Crippen LogP contribution in [0.5, 0.6) is 0 Å². The summed E-state index contributed by atoms with van der Waals surface area (Å²) in [6.07, 6.45) is 6.71. The third-order valence-electron chi connectivity index (χ3n) is 3.34. The highest BCUT2D eigenvalue weighted by molar-refractivity contribution is 5.85. The molecule has 0 saturated carbocycles. The van der Waals surface area contributed by atoms with Crippen LogP contribution in [-0.2, 0) is 9.53 Å². The molecule has 1 aliphatic heterocycles. The largest absolute Gasteiger partial charge is 0.372 e. The maximum Gasteiger partial charge on any atom is 0.248 e. The van der Waals surface area contributed by atoms with Gasteiger partial charge in [0.2, 0.25) is 5.91 Å². The Kier molecular flexibility index (Phi) is 10.4. The van der Waals surface area contributed by atoms with Crippen molar-refractivity contribution >= 4 is 18.3 Å². The number of nitrogens with zero attached hydrogens (tertiary/aromatic N) is 1. The fourth-order valence-electron chi connectivity index (χ4n) is 2.27. The SMILES string of the molecule is CCCCCOCC(=O)N1CCCCC1CN.Cl. The molecule has 1 fully saturated rings. The normalized spacial score (nSPS) is 19.4. The number of nitrogens with two attached hydrogens (primary N) is 1. The number of rotatable bonds is 7. The van der Waals surface area contributed by atoms with Crippen molar-refractivity contribution in [3.8, 4) is 0 Å². The van der Waals surface area contributed by atoms with Crippen LogP contribution in [-0.4, -0.2) is 43.2 Å². The first-order valence-corrected chi connectivity index (χ1v) is 6.86. The minimum absolute atomic E-state index is 0. The van der Waals surface area contributed by atoms with Crippen LogP contribution in [0.4, 0.5) is 0 Å². The maximum absolute atomic E-state index is 11.9. The molecule has 0 aromatic rings. The monoisotopic (exact) mass is 278 g/mol. The third kappa shape index (κ3) is 6.03. The lowest BCUT2D eigenvalue weighted by molar-refractivity contribution is -0.139. The number of halogens is 1. The number of hydrogen-bond donors (Lipinski definition) is 1. The van der Waals surface area contributed by atoms with E-state index in [9.17, 15) is 4.79 Å². The van der Waals surface area contributed by atoms with Crippen LogP contribution in [0.25, 0.3) is 0 Å². The van der Waals surface area contributed by atoms with Crippen LogP contribution in [0.3, 0.4) is 0 Å². The van der Waals surface area contributed by atoms with E-state index in [4.69, 9.17) is 10.5 Å². The van der Waals surface area contributed by atoms with Gasteiger partial charge in [0.1, 0.15) is 6.61 Å². The van der Waals surface area contributed by atoms with E-state index >= 15 is 0 Å². The summed E-state index contributed by atoms with van der Waals surface area (Å²) in [6.45, 7) is 4.49. The molecular formula is C13H27ClN2O2. The fraction of sp³-hybridized carbons (Fsp3) is 0.923. The number of likely N-dealkylation sites (tertiary alicyclic amines) is 1. The van der Waals surface area contributed by atoms with Crippen LogP contribution in [0, 0.1) is 0 Å². The Morgan fingerprint density at radius 1 is 1.39 bits per heavy atom. The van der Waals surface area contributed by atoms with E-state index in [2.05, 4.69) is 6.92 Å². The lowest BCUT2D eigenvalue weighted by Gasteiger charge is -2.35. The average Bonchev–Trinajstić information content (AvgIpc) is 2.38. The molecule has 4 nitrogen and oxygen atoms in total. The number of carbonyl (C=O) groups excluding carboxylic acids is 1. The molecule has 1 amide bonds. The van der Waals surface area contributed by atoms with Gasteiger partial charge in [-0.05, 0) is 25.7 Å². The van der Waals surface area contributed by atoms with Crippen molar-refractivity contribution in [3.05, 3.63) is 0 Å². The van der Waals surface area contributed by atoms with E-state index in [1.54, 1.807) is 0 Å². The summed E-state index contributed by atoms with van der Waals surface area (Å²) in [5.41, 5.74) is 5.69. The van der Waals surface area contributed by atoms with Gasteiger partial charge in [-0.15, -0.1) is 12.4 Å². The lowest BCUT2D eigenvalue weighted by Crippen LogP contribution is -2.48. The van der Waals surface area contributed by atoms with Crippen LogP contribution in [0.1, 0.15) is 45.4 Å². The summed E-state index contributed by atoms with van der Waals surface area (Å²) in [6, 6.07) is 0.232. The zero-order valence-corrected chi connectivity index (χ0v) is 12.2. The highest BCUT2D eigenvalue weighted by atomic mass is 35.5. The molecule has 108 valence electrons. The van der Waals surface area contributed by atoms with Gasteiger partial charge in [0.05, 0.1) is 0 Å². The van der Waals surface area contributed by atoms with Gasteiger partial charge in [0.25, 0.3) is 0 Å². The first-order valence-electron chi connectivity index (χ1n) is 6.86. The van der Waals surface area contributed by atoms with Gasteiger partial charge in [-0.3, -0.25) is 4.79 Å². The van der Waals surface area contributed by atoms with Crippen molar-refractivity contribution in [2.24, 2.45) is 5.73 Å². The first-order chi connectivity index (χ1) is 8.29. The Labute approximate surface area is 117 Å². The van der Waals surface area contributed by atoms with Gasteiger partial charge in [-0.2, -0.15) is 0 Å². The minimum atomic E-state index is 0. The van der Waals surface area contributed by atoms with Gasteiger partial charge in [-0.25, -0.2) is 0 Å². The Hall–Kier alpha value is -0.320. The number of carbonyl (C=O) groups is 1. The number of piperidine rings is 1. The molecule has 1 saturated heterocycles. The van der Waals surface area contributed by atoms with Gasteiger partial charge in [-0.1, -0.05) is 19.8 Å². The second kappa shape index (κ2) is 10.6. The molecule has 0 spiro atoms. The Morgan fingerprint density at radius 3 is 2.83 bits per heavy atom. The smallest absolute Gasteiger partial charge is 0.248 e. The molecular weight excluding hydrogens is 252 g/mol. The fourth-order valence-corrected chi connectivity index (χ4v) is 2.27. The Balaban J connectivity index is 0.00000289. The Bertz CT molecular complexity index is 227. The molecule has 0 bridgehead atoms. The summed E-state index contributed by atoms with van der Waals surface area (Å²) in [4.78, 5) is 13.9. The zero-order chi connectivity index (χ0) is 12.5.